The van der Waals surface area contributed by atoms with Gasteiger partial charge in [-0.25, -0.2) is 0 Å². The molecule has 1 aliphatic heterocycles. The molecular formula is C13H16BrNO4. The van der Waals surface area contributed by atoms with Crippen molar-refractivity contribution in [2.45, 2.75) is 19.1 Å². The number of nitrogens with zero attached hydrogens (tertiary/aromatic N) is 1. The molecule has 1 fully saturated rings. The van der Waals surface area contributed by atoms with Crippen LogP contribution in [0.3, 0.4) is 0 Å². The second kappa shape index (κ2) is 5.79. The van der Waals surface area contributed by atoms with Gasteiger partial charge in [-0.05, 0) is 19.1 Å². The van der Waals surface area contributed by atoms with E-state index in [9.17, 15) is 15.0 Å². The van der Waals surface area contributed by atoms with Gasteiger partial charge in [0, 0.05) is 11.9 Å². The first kappa shape index (κ1) is 14.1. The summed E-state index contributed by atoms with van der Waals surface area (Å²) in [6.45, 7) is 2.74. The van der Waals surface area contributed by atoms with E-state index >= 15 is 0 Å². The maximum atomic E-state index is 12.4. The number of aromatic hydroxyl groups is 2. The van der Waals surface area contributed by atoms with Crippen molar-refractivity contribution in [3.05, 3.63) is 23.8 Å². The maximum absolute atomic E-state index is 12.4. The Labute approximate surface area is 119 Å². The van der Waals surface area contributed by atoms with E-state index in [0.717, 1.165) is 0 Å². The summed E-state index contributed by atoms with van der Waals surface area (Å²) in [5.41, 5.74) is -0.0513. The minimum Gasteiger partial charge on any atom is -0.507 e. The van der Waals surface area contributed by atoms with E-state index in [1.807, 2.05) is 6.92 Å². The van der Waals surface area contributed by atoms with Crippen LogP contribution in [0.5, 0.6) is 11.5 Å². The molecule has 0 aromatic heterocycles. The molecular weight excluding hydrogens is 314 g/mol. The number of hydrogen-bond donors (Lipinski definition) is 2. The van der Waals surface area contributed by atoms with Gasteiger partial charge in [-0.1, -0.05) is 22.0 Å². The highest BCUT2D eigenvalue weighted by Gasteiger charge is 2.32. The lowest BCUT2D eigenvalue weighted by atomic mass is 10.1. The Morgan fingerprint density at radius 1 is 1.47 bits per heavy atom. The van der Waals surface area contributed by atoms with Crippen LogP contribution in [0.1, 0.15) is 17.3 Å². The number of carbonyl (C=O) groups is 1. The number of benzene rings is 1. The molecule has 2 unspecified atom stereocenters. The van der Waals surface area contributed by atoms with E-state index in [1.165, 1.54) is 18.2 Å². The minimum atomic E-state index is -0.377. The van der Waals surface area contributed by atoms with Gasteiger partial charge in [-0.2, -0.15) is 0 Å². The lowest BCUT2D eigenvalue weighted by Crippen LogP contribution is -2.51. The molecule has 5 nitrogen and oxygen atoms in total. The SMILES string of the molecule is CC1COC(CBr)CN1C(=O)c1c(O)cccc1O. The molecule has 1 heterocycles. The Morgan fingerprint density at radius 2 is 2.11 bits per heavy atom. The molecule has 1 saturated heterocycles. The predicted molar refractivity (Wildman–Crippen MR) is 73.8 cm³/mol. The van der Waals surface area contributed by atoms with Crippen molar-refractivity contribution in [1.29, 1.82) is 0 Å². The Balaban J connectivity index is 2.27. The van der Waals surface area contributed by atoms with E-state index in [-0.39, 0.29) is 35.1 Å². The number of ether oxygens (including phenoxy) is 1. The van der Waals surface area contributed by atoms with Gasteiger partial charge in [0.2, 0.25) is 0 Å². The van der Waals surface area contributed by atoms with E-state index < -0.39 is 0 Å². The number of phenols is 2. The lowest BCUT2D eigenvalue weighted by molar-refractivity contribution is -0.0363. The van der Waals surface area contributed by atoms with Crippen molar-refractivity contribution >= 4 is 21.8 Å². The fraction of sp³-hybridized carbons (Fsp3) is 0.462. The van der Waals surface area contributed by atoms with E-state index in [0.29, 0.717) is 18.5 Å². The number of rotatable bonds is 2. The zero-order chi connectivity index (χ0) is 14.0. The topological polar surface area (TPSA) is 70.0 Å². The molecule has 1 aliphatic rings. The number of amides is 1. The second-order valence-electron chi connectivity index (χ2n) is 4.59. The Morgan fingerprint density at radius 3 is 2.68 bits per heavy atom. The minimum absolute atomic E-state index is 0.0513. The van der Waals surface area contributed by atoms with Gasteiger partial charge < -0.3 is 19.8 Å². The molecule has 0 saturated carbocycles. The van der Waals surface area contributed by atoms with Crippen LogP contribution in [-0.4, -0.2) is 51.6 Å². The maximum Gasteiger partial charge on any atom is 0.261 e. The third-order valence-corrected chi connectivity index (χ3v) is 3.89. The summed E-state index contributed by atoms with van der Waals surface area (Å²) < 4.78 is 5.55. The van der Waals surface area contributed by atoms with Gasteiger partial charge in [0.05, 0.1) is 18.8 Å². The standard InChI is InChI=1S/C13H16BrNO4/c1-8-7-19-9(5-14)6-15(8)13(18)12-10(16)3-2-4-11(12)17/h2-4,8-9,16-17H,5-7H2,1H3. The lowest BCUT2D eigenvalue weighted by Gasteiger charge is -2.37. The predicted octanol–water partition coefficient (Wildman–Crippen LogP) is 1.72. The number of alkyl halides is 1. The van der Waals surface area contributed by atoms with Crippen molar-refractivity contribution in [3.63, 3.8) is 0 Å². The molecule has 104 valence electrons. The molecule has 2 N–H and O–H groups in total. The highest BCUT2D eigenvalue weighted by molar-refractivity contribution is 9.09. The molecule has 19 heavy (non-hydrogen) atoms. The summed E-state index contributed by atoms with van der Waals surface area (Å²) in [4.78, 5) is 14.1. The molecule has 0 spiro atoms. The molecule has 6 heteroatoms. The van der Waals surface area contributed by atoms with Crippen molar-refractivity contribution in [2.24, 2.45) is 0 Å². The third-order valence-electron chi connectivity index (χ3n) is 3.17. The summed E-state index contributed by atoms with van der Waals surface area (Å²) in [6.07, 6.45) is -0.0758. The van der Waals surface area contributed by atoms with E-state index in [2.05, 4.69) is 15.9 Å². The Bertz CT molecular complexity index is 459. The molecule has 2 rings (SSSR count). The highest BCUT2D eigenvalue weighted by atomic mass is 79.9. The fourth-order valence-electron chi connectivity index (χ4n) is 2.08. The highest BCUT2D eigenvalue weighted by Crippen LogP contribution is 2.29. The number of morpholine rings is 1. The van der Waals surface area contributed by atoms with Crippen molar-refractivity contribution in [2.75, 3.05) is 18.5 Å². The first-order valence-corrected chi connectivity index (χ1v) is 7.16. The fourth-order valence-corrected chi connectivity index (χ4v) is 2.48. The summed E-state index contributed by atoms with van der Waals surface area (Å²) in [5.74, 6) is -0.796. The average molecular weight is 330 g/mol. The van der Waals surface area contributed by atoms with Crippen LogP contribution in [-0.2, 0) is 4.74 Å². The molecule has 1 aromatic carbocycles. The molecule has 0 bridgehead atoms. The van der Waals surface area contributed by atoms with Crippen LogP contribution in [0.2, 0.25) is 0 Å². The zero-order valence-electron chi connectivity index (χ0n) is 10.5. The summed E-state index contributed by atoms with van der Waals surface area (Å²) in [7, 11) is 0. The van der Waals surface area contributed by atoms with Crippen molar-refractivity contribution < 1.29 is 19.7 Å². The van der Waals surface area contributed by atoms with Gasteiger partial charge in [-0.15, -0.1) is 0 Å². The largest absolute Gasteiger partial charge is 0.507 e. The zero-order valence-corrected chi connectivity index (χ0v) is 12.1. The van der Waals surface area contributed by atoms with E-state index in [1.54, 1.807) is 4.90 Å². The van der Waals surface area contributed by atoms with E-state index in [4.69, 9.17) is 4.74 Å². The molecule has 1 amide bonds. The third kappa shape index (κ3) is 2.84. The quantitative estimate of drug-likeness (QED) is 0.810. The first-order chi connectivity index (χ1) is 9.04. The summed E-state index contributed by atoms with van der Waals surface area (Å²) >= 11 is 3.33. The average Bonchev–Trinajstić information content (AvgIpc) is 2.39. The van der Waals surface area contributed by atoms with Gasteiger partial charge in [0.15, 0.2) is 0 Å². The van der Waals surface area contributed by atoms with Crippen LogP contribution >= 0.6 is 15.9 Å². The Hall–Kier alpha value is -1.27. The smallest absolute Gasteiger partial charge is 0.261 e. The van der Waals surface area contributed by atoms with Crippen LogP contribution in [0.15, 0.2) is 18.2 Å². The summed E-state index contributed by atoms with van der Waals surface area (Å²) in [5, 5.41) is 20.1. The first-order valence-electron chi connectivity index (χ1n) is 6.04. The van der Waals surface area contributed by atoms with Crippen LogP contribution in [0.25, 0.3) is 0 Å². The second-order valence-corrected chi connectivity index (χ2v) is 5.23. The Kier molecular flexibility index (Phi) is 4.31. The normalized spacial score (nSPS) is 23.4. The van der Waals surface area contributed by atoms with Crippen molar-refractivity contribution in [3.8, 4) is 11.5 Å². The number of hydrogen-bond acceptors (Lipinski definition) is 4. The monoisotopic (exact) mass is 329 g/mol. The summed E-state index contributed by atoms with van der Waals surface area (Å²) in [6, 6.07) is 4.17. The number of carbonyl (C=O) groups excluding carboxylic acids is 1. The van der Waals surface area contributed by atoms with Crippen LogP contribution in [0.4, 0.5) is 0 Å². The molecule has 0 radical (unpaired) electrons. The van der Waals surface area contributed by atoms with Gasteiger partial charge in [0.25, 0.3) is 5.91 Å². The van der Waals surface area contributed by atoms with Crippen molar-refractivity contribution in [1.82, 2.24) is 4.90 Å². The number of phenolic OH excluding ortho intramolecular Hbond substituents is 2. The van der Waals surface area contributed by atoms with Crippen LogP contribution in [0, 0.1) is 0 Å². The molecule has 2 atom stereocenters. The van der Waals surface area contributed by atoms with Gasteiger partial charge in [0.1, 0.15) is 17.1 Å². The molecule has 1 aromatic rings. The van der Waals surface area contributed by atoms with Gasteiger partial charge in [-0.3, -0.25) is 4.79 Å². The number of halogens is 1. The van der Waals surface area contributed by atoms with Gasteiger partial charge >= 0.3 is 0 Å². The molecule has 0 aliphatic carbocycles. The van der Waals surface area contributed by atoms with Crippen LogP contribution < -0.4 is 0 Å².